The molecule has 0 aromatic rings. The summed E-state index contributed by atoms with van der Waals surface area (Å²) in [6, 6.07) is -0.588. The maximum atomic E-state index is 14.2. The van der Waals surface area contributed by atoms with Crippen molar-refractivity contribution in [2.75, 3.05) is 26.8 Å². The van der Waals surface area contributed by atoms with Crippen LogP contribution in [0, 0.1) is 35.5 Å². The van der Waals surface area contributed by atoms with E-state index in [9.17, 15) is 30.3 Å². The van der Waals surface area contributed by atoms with Gasteiger partial charge in [-0.2, -0.15) is 0 Å². The molecule has 0 spiro atoms. The number of methoxy groups -OCH3 is 1. The summed E-state index contributed by atoms with van der Waals surface area (Å²) < 4.78 is 38.1. The number of hydrogen-bond acceptors (Lipinski definition) is 14. The lowest BCUT2D eigenvalue weighted by molar-refractivity contribution is -0.315. The minimum Gasteiger partial charge on any atom is -0.459 e. The largest absolute Gasteiger partial charge is 0.459 e. The lowest BCUT2D eigenvalue weighted by atomic mass is 9.77. The zero-order valence-electron chi connectivity index (χ0n) is 35.1. The van der Waals surface area contributed by atoms with Crippen LogP contribution in [0.25, 0.3) is 0 Å². The molecule has 0 amide bonds. The van der Waals surface area contributed by atoms with Crippen LogP contribution in [-0.2, 0) is 33.2 Å². The number of cyclic esters (lactones) is 1. The zero-order valence-corrected chi connectivity index (χ0v) is 35.1. The van der Waals surface area contributed by atoms with Crippen molar-refractivity contribution in [1.82, 2.24) is 5.32 Å². The molecule has 3 aliphatic heterocycles. The maximum Gasteiger partial charge on any atom is 0.311 e. The van der Waals surface area contributed by atoms with E-state index in [-0.39, 0.29) is 55.6 Å². The number of ether oxygens (including phenoxy) is 6. The van der Waals surface area contributed by atoms with Crippen molar-refractivity contribution in [3.8, 4) is 0 Å². The second-order valence-electron chi connectivity index (χ2n) is 17.8. The molecule has 54 heavy (non-hydrogen) atoms. The van der Waals surface area contributed by atoms with Crippen LogP contribution in [0.15, 0.2) is 0 Å². The maximum absolute atomic E-state index is 14.2. The molecule has 318 valence electrons. The van der Waals surface area contributed by atoms with Crippen molar-refractivity contribution < 1.29 is 58.7 Å². The Hall–Kier alpha value is -1.01. The topological polar surface area (TPSA) is 212 Å². The third kappa shape index (κ3) is 11.1. The van der Waals surface area contributed by atoms with Crippen LogP contribution in [0.2, 0.25) is 0 Å². The molecule has 3 rings (SSSR count). The Kier molecular flexibility index (Phi) is 17.2. The van der Waals surface area contributed by atoms with Gasteiger partial charge in [0.15, 0.2) is 12.6 Å². The van der Waals surface area contributed by atoms with Gasteiger partial charge in [-0.05, 0) is 105 Å². The van der Waals surface area contributed by atoms with Gasteiger partial charge in [-0.3, -0.25) is 4.79 Å². The number of carbonyl (C=O) groups is 1. The van der Waals surface area contributed by atoms with E-state index in [1.165, 1.54) is 6.92 Å². The minimum absolute atomic E-state index is 0.0607. The van der Waals surface area contributed by atoms with Gasteiger partial charge in [-0.1, -0.05) is 27.7 Å². The minimum atomic E-state index is -1.80. The molecule has 3 fully saturated rings. The second-order valence-corrected chi connectivity index (χ2v) is 17.8. The standard InChI is InChI=1S/C40H76N2O12/c1-13-31-40(11,48)34(45)25(6)42-19-22(3)16-38(9,47)35(54-37-30(44)15-28(26(7)51-37)14-21(2)18-41)23(4)33(24(5)36(46)52-31)53-32-17-39(10,49-12)29(20-43)27(8)50-32/h21-35,37,42-45,47-48H,13-20,41H2,1-12H3/t21?,22-,23+,24-,25-,26-,27+,28?,29?,30-,31-,32+,33+,34-,35-,37+,38-,39-,40-/m1/s1. The number of rotatable bonds is 10. The highest BCUT2D eigenvalue weighted by atomic mass is 16.7. The Bertz CT molecular complexity index is 1160. The number of esters is 1. The number of nitrogens with one attached hydrogen (secondary N) is 1. The predicted molar refractivity (Wildman–Crippen MR) is 203 cm³/mol. The van der Waals surface area contributed by atoms with Gasteiger partial charge in [0.25, 0.3) is 0 Å². The van der Waals surface area contributed by atoms with Crippen molar-refractivity contribution in [3.05, 3.63) is 0 Å². The van der Waals surface area contributed by atoms with Crippen LogP contribution in [0.5, 0.6) is 0 Å². The molecule has 19 atom stereocenters. The van der Waals surface area contributed by atoms with Gasteiger partial charge >= 0.3 is 5.97 Å². The van der Waals surface area contributed by atoms with Crippen LogP contribution >= 0.6 is 0 Å². The Balaban J connectivity index is 2.11. The Morgan fingerprint density at radius 1 is 1.00 bits per heavy atom. The van der Waals surface area contributed by atoms with Crippen molar-refractivity contribution >= 4 is 5.97 Å². The molecule has 0 radical (unpaired) electrons. The highest BCUT2D eigenvalue weighted by Crippen LogP contribution is 2.42. The number of hydrogen-bond donors (Lipinski definition) is 7. The first-order valence-electron chi connectivity index (χ1n) is 20.3. The third-order valence-corrected chi connectivity index (χ3v) is 12.9. The molecular formula is C40H76N2O12. The first-order chi connectivity index (χ1) is 25.1. The van der Waals surface area contributed by atoms with Crippen molar-refractivity contribution in [1.29, 1.82) is 0 Å². The fraction of sp³-hybridized carbons (Fsp3) is 0.975. The van der Waals surface area contributed by atoms with E-state index < -0.39 is 89.9 Å². The normalized spacial score (nSPS) is 48.3. The first-order valence-corrected chi connectivity index (χ1v) is 20.3. The summed E-state index contributed by atoms with van der Waals surface area (Å²) >= 11 is 0. The molecule has 3 aliphatic rings. The van der Waals surface area contributed by atoms with E-state index in [4.69, 9.17) is 34.2 Å². The van der Waals surface area contributed by atoms with E-state index in [0.717, 1.165) is 6.42 Å². The van der Waals surface area contributed by atoms with E-state index in [1.807, 2.05) is 34.6 Å². The molecule has 0 bridgehead atoms. The van der Waals surface area contributed by atoms with Crippen LogP contribution < -0.4 is 11.1 Å². The first kappa shape index (κ1) is 47.4. The zero-order chi connectivity index (χ0) is 40.9. The summed E-state index contributed by atoms with van der Waals surface area (Å²) in [6.45, 7) is 20.6. The predicted octanol–water partition coefficient (Wildman–Crippen LogP) is 2.48. The van der Waals surface area contributed by atoms with Gasteiger partial charge in [0, 0.05) is 31.4 Å². The smallest absolute Gasteiger partial charge is 0.311 e. The fourth-order valence-corrected chi connectivity index (χ4v) is 9.18. The molecule has 0 aromatic carbocycles. The molecule has 0 aromatic heterocycles. The monoisotopic (exact) mass is 777 g/mol. The number of aliphatic hydroxyl groups is 5. The molecule has 14 heteroatoms. The van der Waals surface area contributed by atoms with Gasteiger partial charge in [-0.15, -0.1) is 0 Å². The highest BCUT2D eigenvalue weighted by Gasteiger charge is 2.52. The van der Waals surface area contributed by atoms with Crippen LogP contribution in [0.1, 0.15) is 108 Å². The van der Waals surface area contributed by atoms with Crippen molar-refractivity contribution in [3.63, 3.8) is 0 Å². The quantitative estimate of drug-likeness (QED) is 0.159. The average molecular weight is 777 g/mol. The van der Waals surface area contributed by atoms with Gasteiger partial charge < -0.3 is 65.0 Å². The summed E-state index contributed by atoms with van der Waals surface area (Å²) in [4.78, 5) is 14.2. The van der Waals surface area contributed by atoms with Gasteiger partial charge in [0.05, 0.1) is 48.1 Å². The van der Waals surface area contributed by atoms with E-state index in [1.54, 1.807) is 34.8 Å². The lowest BCUT2D eigenvalue weighted by Crippen LogP contribution is -2.59. The molecule has 3 heterocycles. The number of carbonyl (C=O) groups excluding carboxylic acids is 1. The third-order valence-electron chi connectivity index (χ3n) is 12.9. The summed E-state index contributed by atoms with van der Waals surface area (Å²) in [6.07, 6.45) is -6.18. The summed E-state index contributed by atoms with van der Waals surface area (Å²) in [7, 11) is 1.57. The Morgan fingerprint density at radius 2 is 1.65 bits per heavy atom. The van der Waals surface area contributed by atoms with Crippen LogP contribution in [0.4, 0.5) is 0 Å². The lowest BCUT2D eigenvalue weighted by Gasteiger charge is -2.49. The average Bonchev–Trinajstić information content (AvgIpc) is 3.10. The van der Waals surface area contributed by atoms with Crippen molar-refractivity contribution in [2.24, 2.45) is 41.2 Å². The van der Waals surface area contributed by atoms with E-state index in [0.29, 0.717) is 19.5 Å². The fourth-order valence-electron chi connectivity index (χ4n) is 9.18. The number of nitrogens with two attached hydrogens (primary N) is 1. The molecule has 3 saturated heterocycles. The molecule has 14 nitrogen and oxygen atoms in total. The second kappa shape index (κ2) is 19.6. The summed E-state index contributed by atoms with van der Waals surface area (Å²) in [5.74, 6) is -2.59. The SMILES string of the molecule is CC[C@H]1OC(=O)[C@H](C)[C@@H](O[C@H]2C[C@@](C)(OC)C(CO)[C@H](C)O2)[C@H](C)[C@@H](O[C@@H]2O[C@H](C)C(CC(C)CN)C[C@H]2O)[C@](C)(O)C[C@@H](C)CN[C@H](C)[C@@H](O)[C@]1(C)O. The van der Waals surface area contributed by atoms with E-state index in [2.05, 4.69) is 12.2 Å². The van der Waals surface area contributed by atoms with E-state index >= 15 is 0 Å². The molecule has 3 unspecified atom stereocenters. The Morgan fingerprint density at radius 3 is 2.22 bits per heavy atom. The number of aliphatic hydroxyl groups excluding tert-OH is 3. The molecule has 0 saturated carbocycles. The molecule has 0 aliphatic carbocycles. The van der Waals surface area contributed by atoms with Crippen LogP contribution in [-0.4, -0.2) is 136 Å². The van der Waals surface area contributed by atoms with Crippen LogP contribution in [0.3, 0.4) is 0 Å². The summed E-state index contributed by atoms with van der Waals surface area (Å²) in [5.41, 5.74) is 1.74. The van der Waals surface area contributed by atoms with Gasteiger partial charge in [-0.25, -0.2) is 0 Å². The van der Waals surface area contributed by atoms with Crippen molar-refractivity contribution in [2.45, 2.75) is 186 Å². The molecular weight excluding hydrogens is 700 g/mol. The van der Waals surface area contributed by atoms with Gasteiger partial charge in [0.1, 0.15) is 23.9 Å². The summed E-state index contributed by atoms with van der Waals surface area (Å²) in [5, 5.41) is 60.4. The van der Waals surface area contributed by atoms with Gasteiger partial charge in [0.2, 0.25) is 0 Å². The molecule has 8 N–H and O–H groups in total. The highest BCUT2D eigenvalue weighted by molar-refractivity contribution is 5.73. The Labute approximate surface area is 324 Å².